The zero-order chi connectivity index (χ0) is 19.8. The SMILES string of the molecule is COc1ccc(NCC(=O)Nc2ccccc2C(=O)NCC(C)C)cc1F. The van der Waals surface area contributed by atoms with Crippen molar-refractivity contribution in [1.82, 2.24) is 5.32 Å². The van der Waals surface area contributed by atoms with Gasteiger partial charge in [0.2, 0.25) is 5.91 Å². The lowest BCUT2D eigenvalue weighted by Gasteiger charge is -2.13. The summed E-state index contributed by atoms with van der Waals surface area (Å²) in [5, 5.41) is 8.37. The first-order valence-electron chi connectivity index (χ1n) is 8.65. The van der Waals surface area contributed by atoms with E-state index in [0.717, 1.165) is 0 Å². The van der Waals surface area contributed by atoms with Gasteiger partial charge in [-0.3, -0.25) is 9.59 Å². The Morgan fingerprint density at radius 3 is 2.56 bits per heavy atom. The van der Waals surface area contributed by atoms with E-state index in [1.807, 2.05) is 13.8 Å². The highest BCUT2D eigenvalue weighted by molar-refractivity contribution is 6.04. The van der Waals surface area contributed by atoms with Crippen LogP contribution < -0.4 is 20.7 Å². The van der Waals surface area contributed by atoms with Gasteiger partial charge in [-0.05, 0) is 30.2 Å². The Bertz CT molecular complexity index is 809. The molecule has 2 aromatic carbocycles. The molecule has 6 nitrogen and oxygen atoms in total. The second-order valence-electron chi connectivity index (χ2n) is 6.40. The third-order valence-corrected chi connectivity index (χ3v) is 3.72. The van der Waals surface area contributed by atoms with Crippen LogP contribution in [0.4, 0.5) is 15.8 Å². The highest BCUT2D eigenvalue weighted by atomic mass is 19.1. The third-order valence-electron chi connectivity index (χ3n) is 3.72. The number of hydrogen-bond acceptors (Lipinski definition) is 4. The molecule has 0 unspecified atom stereocenters. The maximum absolute atomic E-state index is 13.7. The normalized spacial score (nSPS) is 10.4. The molecule has 0 aromatic heterocycles. The highest BCUT2D eigenvalue weighted by Crippen LogP contribution is 2.20. The van der Waals surface area contributed by atoms with Crippen LogP contribution in [0.5, 0.6) is 5.75 Å². The first-order chi connectivity index (χ1) is 12.9. The lowest BCUT2D eigenvalue weighted by atomic mass is 10.1. The minimum atomic E-state index is -0.518. The number of benzene rings is 2. The van der Waals surface area contributed by atoms with E-state index < -0.39 is 5.82 Å². The summed E-state index contributed by atoms with van der Waals surface area (Å²) in [7, 11) is 1.38. The van der Waals surface area contributed by atoms with Gasteiger partial charge >= 0.3 is 0 Å². The summed E-state index contributed by atoms with van der Waals surface area (Å²) < 4.78 is 18.5. The van der Waals surface area contributed by atoms with Crippen molar-refractivity contribution in [3.8, 4) is 5.75 Å². The molecule has 0 fully saturated rings. The Balaban J connectivity index is 1.97. The van der Waals surface area contributed by atoms with E-state index in [-0.39, 0.29) is 24.1 Å². The van der Waals surface area contributed by atoms with Gasteiger partial charge in [-0.1, -0.05) is 26.0 Å². The van der Waals surface area contributed by atoms with E-state index >= 15 is 0 Å². The quantitative estimate of drug-likeness (QED) is 0.664. The minimum absolute atomic E-state index is 0.0757. The minimum Gasteiger partial charge on any atom is -0.494 e. The topological polar surface area (TPSA) is 79.5 Å². The molecule has 0 aliphatic rings. The zero-order valence-corrected chi connectivity index (χ0v) is 15.6. The van der Waals surface area contributed by atoms with Crippen LogP contribution in [0.2, 0.25) is 0 Å². The molecule has 7 heteroatoms. The van der Waals surface area contributed by atoms with E-state index in [4.69, 9.17) is 4.74 Å². The molecule has 3 N–H and O–H groups in total. The first kappa shape index (κ1) is 20.2. The van der Waals surface area contributed by atoms with Crippen LogP contribution in [0.3, 0.4) is 0 Å². The molecule has 0 saturated heterocycles. The summed E-state index contributed by atoms with van der Waals surface area (Å²) in [6.45, 7) is 4.47. The molecule has 0 saturated carbocycles. The number of rotatable bonds is 8. The molecule has 0 spiro atoms. The molecule has 27 heavy (non-hydrogen) atoms. The molecule has 0 aliphatic heterocycles. The first-order valence-corrected chi connectivity index (χ1v) is 8.65. The molecule has 0 atom stereocenters. The van der Waals surface area contributed by atoms with Crippen molar-refractivity contribution in [2.45, 2.75) is 13.8 Å². The lowest BCUT2D eigenvalue weighted by molar-refractivity contribution is -0.114. The number of carbonyl (C=O) groups is 2. The van der Waals surface area contributed by atoms with Gasteiger partial charge in [0, 0.05) is 18.3 Å². The fourth-order valence-electron chi connectivity index (χ4n) is 2.34. The fourth-order valence-corrected chi connectivity index (χ4v) is 2.34. The van der Waals surface area contributed by atoms with E-state index in [1.54, 1.807) is 30.3 Å². The molecule has 0 heterocycles. The number of halogens is 1. The van der Waals surface area contributed by atoms with Gasteiger partial charge in [0.05, 0.1) is 24.9 Å². The smallest absolute Gasteiger partial charge is 0.253 e. The maximum Gasteiger partial charge on any atom is 0.253 e. The molecule has 144 valence electrons. The van der Waals surface area contributed by atoms with Gasteiger partial charge in [-0.2, -0.15) is 0 Å². The van der Waals surface area contributed by atoms with Crippen LogP contribution in [0.25, 0.3) is 0 Å². The van der Waals surface area contributed by atoms with Gasteiger partial charge < -0.3 is 20.7 Å². The van der Waals surface area contributed by atoms with Gasteiger partial charge in [0.25, 0.3) is 5.91 Å². The monoisotopic (exact) mass is 373 g/mol. The maximum atomic E-state index is 13.7. The second-order valence-corrected chi connectivity index (χ2v) is 6.40. The standard InChI is InChI=1S/C20H24FN3O3/c1-13(2)11-23-20(26)15-6-4-5-7-17(15)24-19(25)12-22-14-8-9-18(27-3)16(21)10-14/h4-10,13,22H,11-12H2,1-3H3,(H,23,26)(H,24,25). The summed E-state index contributed by atoms with van der Waals surface area (Å²) in [5.74, 6) is -0.661. The van der Waals surface area contributed by atoms with Crippen molar-refractivity contribution in [2.24, 2.45) is 5.92 Å². The van der Waals surface area contributed by atoms with E-state index in [9.17, 15) is 14.0 Å². The number of hydrogen-bond donors (Lipinski definition) is 3. The van der Waals surface area contributed by atoms with Crippen LogP contribution in [0.15, 0.2) is 42.5 Å². The second kappa shape index (κ2) is 9.56. The van der Waals surface area contributed by atoms with Crippen molar-refractivity contribution < 1.29 is 18.7 Å². The van der Waals surface area contributed by atoms with Gasteiger partial charge in [0.1, 0.15) is 0 Å². The van der Waals surface area contributed by atoms with Crippen molar-refractivity contribution in [2.75, 3.05) is 30.8 Å². The van der Waals surface area contributed by atoms with Gasteiger partial charge in [-0.25, -0.2) is 4.39 Å². The molecule has 2 amide bonds. The summed E-state index contributed by atoms with van der Waals surface area (Å²) in [4.78, 5) is 24.5. The Kier molecular flexibility index (Phi) is 7.16. The largest absolute Gasteiger partial charge is 0.494 e. The number of ether oxygens (including phenoxy) is 1. The van der Waals surface area contributed by atoms with E-state index in [2.05, 4.69) is 16.0 Å². The molecular weight excluding hydrogens is 349 g/mol. The van der Waals surface area contributed by atoms with E-state index in [1.165, 1.54) is 19.2 Å². The molecule has 2 rings (SSSR count). The summed E-state index contributed by atoms with van der Waals surface area (Å²) in [5.41, 5.74) is 1.26. The van der Waals surface area contributed by atoms with Crippen molar-refractivity contribution in [3.63, 3.8) is 0 Å². The molecule has 0 aliphatic carbocycles. The Morgan fingerprint density at radius 1 is 1.15 bits per heavy atom. The number of nitrogens with one attached hydrogen (secondary N) is 3. The van der Waals surface area contributed by atoms with Crippen LogP contribution >= 0.6 is 0 Å². The number of para-hydroxylation sites is 1. The average molecular weight is 373 g/mol. The summed E-state index contributed by atoms with van der Waals surface area (Å²) in [6, 6.07) is 11.1. The van der Waals surface area contributed by atoms with E-state index in [0.29, 0.717) is 29.4 Å². The third kappa shape index (κ3) is 5.99. The predicted molar refractivity (Wildman–Crippen MR) is 104 cm³/mol. The molecule has 0 radical (unpaired) electrons. The average Bonchev–Trinajstić information content (AvgIpc) is 2.65. The molecule has 0 bridgehead atoms. The molecule has 2 aromatic rings. The van der Waals surface area contributed by atoms with Crippen LogP contribution in [0, 0.1) is 11.7 Å². The summed E-state index contributed by atoms with van der Waals surface area (Å²) >= 11 is 0. The number of amides is 2. The van der Waals surface area contributed by atoms with Crippen LogP contribution in [-0.2, 0) is 4.79 Å². The van der Waals surface area contributed by atoms with Crippen molar-refractivity contribution in [3.05, 3.63) is 53.8 Å². The van der Waals surface area contributed by atoms with Crippen molar-refractivity contribution >= 4 is 23.2 Å². The lowest BCUT2D eigenvalue weighted by Crippen LogP contribution is -2.29. The van der Waals surface area contributed by atoms with Crippen molar-refractivity contribution in [1.29, 1.82) is 0 Å². The number of methoxy groups -OCH3 is 1. The number of carbonyl (C=O) groups excluding carboxylic acids is 2. The Labute approximate surface area is 158 Å². The Morgan fingerprint density at radius 2 is 1.89 bits per heavy atom. The molecular formula is C20H24FN3O3. The Hall–Kier alpha value is -3.09. The van der Waals surface area contributed by atoms with Crippen LogP contribution in [-0.4, -0.2) is 32.0 Å². The number of anilines is 2. The van der Waals surface area contributed by atoms with Crippen LogP contribution in [0.1, 0.15) is 24.2 Å². The van der Waals surface area contributed by atoms with Gasteiger partial charge in [0.15, 0.2) is 11.6 Å². The fraction of sp³-hybridized carbons (Fsp3) is 0.300. The summed E-state index contributed by atoms with van der Waals surface area (Å²) in [6.07, 6.45) is 0. The van der Waals surface area contributed by atoms with Gasteiger partial charge in [-0.15, -0.1) is 0 Å². The zero-order valence-electron chi connectivity index (χ0n) is 15.6. The predicted octanol–water partition coefficient (Wildman–Crippen LogP) is 3.27. The highest BCUT2D eigenvalue weighted by Gasteiger charge is 2.13.